The second-order valence-corrected chi connectivity index (χ2v) is 10.7. The van der Waals surface area contributed by atoms with E-state index in [0.29, 0.717) is 9.13 Å². The fourth-order valence-electron chi connectivity index (χ4n) is 6.02. The van der Waals surface area contributed by atoms with Gasteiger partial charge in [0, 0.05) is 31.1 Å². The fourth-order valence-corrected chi connectivity index (χ4v) is 6.64. The molecule has 2 heterocycles. The molecule has 2 saturated heterocycles. The summed E-state index contributed by atoms with van der Waals surface area (Å²) < 4.78 is 17.4. The van der Waals surface area contributed by atoms with Crippen molar-refractivity contribution < 1.29 is 38.9 Å². The molecule has 1 aliphatic carbocycles. The number of aromatic hydroxyl groups is 1. The summed E-state index contributed by atoms with van der Waals surface area (Å²) in [4.78, 5) is 38.9. The number of amides is 2. The number of ether oxygens (including phenoxy) is 3. The molecule has 2 aromatic rings. The third-order valence-corrected chi connectivity index (χ3v) is 8.50. The molecule has 0 unspecified atom stereocenters. The molecule has 37 heavy (non-hydrogen) atoms. The van der Waals surface area contributed by atoms with Crippen molar-refractivity contribution in [3.63, 3.8) is 0 Å². The van der Waals surface area contributed by atoms with E-state index in [9.17, 15) is 29.9 Å². The number of methoxy groups -OCH3 is 2. The van der Waals surface area contributed by atoms with Crippen molar-refractivity contribution in [1.82, 2.24) is 0 Å². The summed E-state index contributed by atoms with van der Waals surface area (Å²) in [6, 6.07) is 8.75. The quantitative estimate of drug-likeness (QED) is 0.214. The van der Waals surface area contributed by atoms with Gasteiger partial charge in [-0.05, 0) is 59.2 Å². The van der Waals surface area contributed by atoms with Gasteiger partial charge < -0.3 is 24.4 Å². The SMILES string of the molecule is COC[C@H]1C[C@@H]2C(=O)N(c3cccc([N+](=O)[O-])c3)C(=O)[C@@H]2[C@@H]2C[C@@H](c3cc(I)c(O)c(OC)c3)O[C@]12O. The average Bonchev–Trinajstić information content (AvgIpc) is 3.35. The summed E-state index contributed by atoms with van der Waals surface area (Å²) in [5.41, 5.74) is 0.544. The lowest BCUT2D eigenvalue weighted by Crippen LogP contribution is -2.54. The zero-order valence-electron chi connectivity index (χ0n) is 20.0. The zero-order valence-corrected chi connectivity index (χ0v) is 22.2. The number of non-ortho nitro benzene ring substituents is 1. The number of carbonyl (C=O) groups is 2. The summed E-state index contributed by atoms with van der Waals surface area (Å²) in [6.45, 7) is 0.109. The van der Waals surface area contributed by atoms with Crippen molar-refractivity contribution in [1.29, 1.82) is 0 Å². The molecule has 0 spiro atoms. The van der Waals surface area contributed by atoms with Crippen LogP contribution >= 0.6 is 22.6 Å². The molecule has 6 atom stereocenters. The van der Waals surface area contributed by atoms with Crippen LogP contribution < -0.4 is 9.64 Å². The van der Waals surface area contributed by atoms with Gasteiger partial charge in [-0.25, -0.2) is 4.90 Å². The number of aliphatic hydroxyl groups is 1. The first kappa shape index (κ1) is 25.8. The fraction of sp³-hybridized carbons (Fsp3) is 0.440. The molecule has 5 rings (SSSR count). The van der Waals surface area contributed by atoms with Gasteiger partial charge in [-0.3, -0.25) is 19.7 Å². The first-order chi connectivity index (χ1) is 17.6. The molecular weight excluding hydrogens is 599 g/mol. The molecule has 2 aromatic carbocycles. The summed E-state index contributed by atoms with van der Waals surface area (Å²) in [5.74, 6) is -5.39. The van der Waals surface area contributed by atoms with E-state index < -0.39 is 52.3 Å². The number of phenols is 1. The van der Waals surface area contributed by atoms with Crippen LogP contribution in [0.25, 0.3) is 0 Å². The molecule has 2 aliphatic heterocycles. The Morgan fingerprint density at radius 3 is 2.65 bits per heavy atom. The molecule has 196 valence electrons. The number of nitro groups is 1. The van der Waals surface area contributed by atoms with Crippen LogP contribution in [0.2, 0.25) is 0 Å². The highest BCUT2D eigenvalue weighted by Gasteiger charge is 2.67. The molecule has 1 saturated carbocycles. The van der Waals surface area contributed by atoms with Gasteiger partial charge >= 0.3 is 0 Å². The third-order valence-electron chi connectivity index (χ3n) is 7.67. The van der Waals surface area contributed by atoms with Crippen LogP contribution in [0.4, 0.5) is 11.4 Å². The van der Waals surface area contributed by atoms with E-state index in [1.807, 2.05) is 22.6 Å². The van der Waals surface area contributed by atoms with Crippen molar-refractivity contribution in [2.75, 3.05) is 25.7 Å². The van der Waals surface area contributed by atoms with E-state index in [4.69, 9.17) is 14.2 Å². The van der Waals surface area contributed by atoms with Crippen molar-refractivity contribution in [3.8, 4) is 11.5 Å². The summed E-state index contributed by atoms with van der Waals surface area (Å²) >= 11 is 1.97. The number of carbonyl (C=O) groups excluding carboxylic acids is 2. The number of phenolic OH excluding ortho intramolecular Hbond substituents is 1. The number of halogens is 1. The highest BCUT2D eigenvalue weighted by molar-refractivity contribution is 14.1. The van der Waals surface area contributed by atoms with Gasteiger partial charge in [0.1, 0.15) is 0 Å². The second kappa shape index (κ2) is 9.49. The number of rotatable bonds is 6. The van der Waals surface area contributed by atoms with Crippen molar-refractivity contribution >= 4 is 45.8 Å². The van der Waals surface area contributed by atoms with E-state index in [-0.39, 0.29) is 42.3 Å². The van der Waals surface area contributed by atoms with Gasteiger partial charge in [0.05, 0.1) is 45.8 Å². The second-order valence-electron chi connectivity index (χ2n) is 9.56. The monoisotopic (exact) mass is 624 g/mol. The van der Waals surface area contributed by atoms with Crippen LogP contribution in [0, 0.1) is 37.4 Å². The highest BCUT2D eigenvalue weighted by atomic mass is 127. The van der Waals surface area contributed by atoms with E-state index in [2.05, 4.69) is 0 Å². The first-order valence-electron chi connectivity index (χ1n) is 11.7. The number of hydrogen-bond acceptors (Lipinski definition) is 9. The Bertz CT molecular complexity index is 1290. The number of benzene rings is 2. The first-order valence-corrected chi connectivity index (χ1v) is 12.8. The summed E-state index contributed by atoms with van der Waals surface area (Å²) in [6.07, 6.45) is -0.236. The average molecular weight is 624 g/mol. The topological polar surface area (TPSA) is 149 Å². The minimum Gasteiger partial charge on any atom is -0.504 e. The maximum Gasteiger partial charge on any atom is 0.271 e. The van der Waals surface area contributed by atoms with Crippen molar-refractivity contribution in [2.45, 2.75) is 24.7 Å². The lowest BCUT2D eigenvalue weighted by Gasteiger charge is -2.44. The molecule has 3 aliphatic rings. The van der Waals surface area contributed by atoms with Crippen LogP contribution in [0.1, 0.15) is 24.5 Å². The van der Waals surface area contributed by atoms with Gasteiger partial charge in [0.2, 0.25) is 11.8 Å². The Morgan fingerprint density at radius 2 is 1.97 bits per heavy atom. The smallest absolute Gasteiger partial charge is 0.271 e. The minimum absolute atomic E-state index is 0.0116. The number of nitro benzene ring substituents is 1. The maximum atomic E-state index is 13.7. The molecule has 2 amide bonds. The normalized spacial score (nSPS) is 30.8. The standard InChI is InChI=1S/C25H25IN2O9/c1-35-11-13-8-16-21(24(31)27(23(16)30)14-4-3-5-15(9-14)28(33)34)17-10-19(37-25(13,17)32)12-6-18(26)22(29)20(7-12)36-2/h3-7,9,13,16-17,19,21,29,32H,8,10-11H2,1-2H3/t13-,16+,17+,19+,21+,25-/m1/s1. The van der Waals surface area contributed by atoms with E-state index in [0.717, 1.165) is 4.90 Å². The number of imide groups is 1. The molecule has 2 N–H and O–H groups in total. The predicted octanol–water partition coefficient (Wildman–Crippen LogP) is 3.15. The molecule has 12 heteroatoms. The molecule has 0 aromatic heterocycles. The van der Waals surface area contributed by atoms with Gasteiger partial charge in [-0.15, -0.1) is 0 Å². The van der Waals surface area contributed by atoms with Crippen LogP contribution in [-0.2, 0) is 19.1 Å². The lowest BCUT2D eigenvalue weighted by molar-refractivity contribution is -0.384. The Hall–Kier alpha value is -2.81. The zero-order chi connectivity index (χ0) is 26.6. The van der Waals surface area contributed by atoms with Crippen LogP contribution in [0.15, 0.2) is 36.4 Å². The Morgan fingerprint density at radius 1 is 1.22 bits per heavy atom. The molecule has 0 bridgehead atoms. The highest BCUT2D eigenvalue weighted by Crippen LogP contribution is 2.59. The van der Waals surface area contributed by atoms with E-state index in [1.165, 1.54) is 38.5 Å². The van der Waals surface area contributed by atoms with Crippen LogP contribution in [0.3, 0.4) is 0 Å². The van der Waals surface area contributed by atoms with E-state index in [1.54, 1.807) is 12.1 Å². The largest absolute Gasteiger partial charge is 0.504 e. The Balaban J connectivity index is 1.53. The van der Waals surface area contributed by atoms with Crippen LogP contribution in [0.5, 0.6) is 11.5 Å². The number of fused-ring (bicyclic) bond motifs is 3. The van der Waals surface area contributed by atoms with Crippen LogP contribution in [-0.4, -0.2) is 53.6 Å². The molecule has 0 radical (unpaired) electrons. The number of nitrogens with zero attached hydrogens (tertiary/aromatic N) is 2. The van der Waals surface area contributed by atoms with Gasteiger partial charge in [-0.2, -0.15) is 0 Å². The minimum atomic E-state index is -1.74. The molecule has 3 fully saturated rings. The number of anilines is 1. The molecule has 11 nitrogen and oxygen atoms in total. The predicted molar refractivity (Wildman–Crippen MR) is 137 cm³/mol. The van der Waals surface area contributed by atoms with Crippen molar-refractivity contribution in [3.05, 3.63) is 55.6 Å². The van der Waals surface area contributed by atoms with Gasteiger partial charge in [-0.1, -0.05) is 6.07 Å². The van der Waals surface area contributed by atoms with Gasteiger partial charge in [0.25, 0.3) is 5.69 Å². The molecular formula is C25H25IN2O9. The van der Waals surface area contributed by atoms with Crippen molar-refractivity contribution in [2.24, 2.45) is 23.7 Å². The lowest BCUT2D eigenvalue weighted by atomic mass is 9.64. The Kier molecular flexibility index (Phi) is 6.63. The Labute approximate surface area is 225 Å². The number of hydrogen-bond donors (Lipinski definition) is 2. The maximum absolute atomic E-state index is 13.7. The van der Waals surface area contributed by atoms with E-state index >= 15 is 0 Å². The summed E-state index contributed by atoms with van der Waals surface area (Å²) in [7, 11) is 2.92. The summed E-state index contributed by atoms with van der Waals surface area (Å²) in [5, 5.41) is 33.4. The third kappa shape index (κ3) is 4.06. The van der Waals surface area contributed by atoms with Gasteiger partial charge in [0.15, 0.2) is 17.3 Å².